The molecule has 4 atom stereocenters. The third-order valence-corrected chi connectivity index (χ3v) is 6.34. The summed E-state index contributed by atoms with van der Waals surface area (Å²) in [6, 6.07) is 3.74. The van der Waals surface area contributed by atoms with Gasteiger partial charge in [0.2, 0.25) is 5.91 Å². The van der Waals surface area contributed by atoms with E-state index in [1.807, 2.05) is 26.0 Å². The van der Waals surface area contributed by atoms with E-state index >= 15 is 0 Å². The number of aryl methyl sites for hydroxylation is 1. The maximum atomic E-state index is 12.6. The zero-order valence-electron chi connectivity index (χ0n) is 15.7. The van der Waals surface area contributed by atoms with Crippen molar-refractivity contribution in [2.75, 3.05) is 6.61 Å². The number of aliphatic hydroxyl groups is 1. The van der Waals surface area contributed by atoms with E-state index < -0.39 is 18.0 Å². The highest BCUT2D eigenvalue weighted by atomic mass is 32.2. The predicted molar refractivity (Wildman–Crippen MR) is 103 cm³/mol. The summed E-state index contributed by atoms with van der Waals surface area (Å²) in [4.78, 5) is 31.7. The monoisotopic (exact) mass is 388 g/mol. The van der Waals surface area contributed by atoms with Crippen molar-refractivity contribution < 1.29 is 19.4 Å². The molecule has 1 aromatic heterocycles. The number of esters is 1. The molecule has 3 rings (SSSR count). The number of amides is 1. The molecule has 144 valence electrons. The zero-order chi connectivity index (χ0) is 19.7. The Kier molecular flexibility index (Phi) is 5.72. The van der Waals surface area contributed by atoms with E-state index in [2.05, 4.69) is 11.6 Å². The van der Waals surface area contributed by atoms with Crippen LogP contribution in [0.3, 0.4) is 0 Å². The molecule has 0 bridgehead atoms. The first-order chi connectivity index (χ1) is 12.9. The van der Waals surface area contributed by atoms with Crippen LogP contribution in [0, 0.1) is 18.8 Å². The topological polar surface area (TPSA) is 79.7 Å². The summed E-state index contributed by atoms with van der Waals surface area (Å²) in [5, 5.41) is 9.99. The molecule has 3 heterocycles. The van der Waals surface area contributed by atoms with Crippen LogP contribution in [0.25, 0.3) is 0 Å². The second-order valence-electron chi connectivity index (χ2n) is 6.95. The largest absolute Gasteiger partial charge is 0.457 e. The standard InChI is InChI=1S/C20H24N2O4S/c1-5-8-26-20(25)17-18(27-10-14-6-7-21-11(2)9-14)12(3)16-15(13(4)23)19(24)22(16)17/h5-7,9,12-13,15-16,23H,1,8,10H2,2-4H3/t12-,13-,15-,16+/m1/s1. The molecule has 27 heavy (non-hydrogen) atoms. The van der Waals surface area contributed by atoms with Gasteiger partial charge in [-0.2, -0.15) is 0 Å². The van der Waals surface area contributed by atoms with E-state index in [0.717, 1.165) is 16.2 Å². The number of aliphatic hydroxyl groups excluding tert-OH is 1. The number of rotatable bonds is 7. The maximum Gasteiger partial charge on any atom is 0.356 e. The molecule has 1 saturated heterocycles. The van der Waals surface area contributed by atoms with Crippen LogP contribution in [-0.2, 0) is 20.1 Å². The summed E-state index contributed by atoms with van der Waals surface area (Å²) in [5.74, 6) is -0.599. The Bertz CT molecular complexity index is 805. The van der Waals surface area contributed by atoms with Crippen LogP contribution < -0.4 is 0 Å². The van der Waals surface area contributed by atoms with Crippen molar-refractivity contribution in [2.24, 2.45) is 11.8 Å². The minimum absolute atomic E-state index is 0.0403. The van der Waals surface area contributed by atoms with Crippen LogP contribution in [0.15, 0.2) is 41.6 Å². The highest BCUT2D eigenvalue weighted by Crippen LogP contribution is 2.51. The number of pyridine rings is 1. The van der Waals surface area contributed by atoms with E-state index in [0.29, 0.717) is 11.4 Å². The zero-order valence-corrected chi connectivity index (χ0v) is 16.5. The van der Waals surface area contributed by atoms with Gasteiger partial charge in [0.05, 0.1) is 18.1 Å². The Morgan fingerprint density at radius 2 is 2.30 bits per heavy atom. The van der Waals surface area contributed by atoms with Crippen molar-refractivity contribution in [3.05, 3.63) is 52.8 Å². The Morgan fingerprint density at radius 3 is 2.93 bits per heavy atom. The van der Waals surface area contributed by atoms with Gasteiger partial charge in [0.15, 0.2) is 0 Å². The van der Waals surface area contributed by atoms with Crippen molar-refractivity contribution in [3.8, 4) is 0 Å². The fourth-order valence-corrected chi connectivity index (χ4v) is 4.99. The molecule has 1 aromatic rings. The summed E-state index contributed by atoms with van der Waals surface area (Å²) in [7, 11) is 0. The molecule has 7 heteroatoms. The molecule has 0 radical (unpaired) electrons. The van der Waals surface area contributed by atoms with Gasteiger partial charge >= 0.3 is 5.97 Å². The van der Waals surface area contributed by atoms with Gasteiger partial charge < -0.3 is 14.7 Å². The number of thioether (sulfide) groups is 1. The number of fused-ring (bicyclic) bond motifs is 1. The SMILES string of the molecule is C=CCOC(=O)C1=C(SCc2ccnc(C)c2)[C@H](C)[C@H]2[C@@H]([C@@H](C)O)C(=O)N12. The molecule has 0 unspecified atom stereocenters. The summed E-state index contributed by atoms with van der Waals surface area (Å²) in [5.41, 5.74) is 2.34. The van der Waals surface area contributed by atoms with Crippen LogP contribution in [0.5, 0.6) is 0 Å². The lowest BCUT2D eigenvalue weighted by Crippen LogP contribution is -2.63. The van der Waals surface area contributed by atoms with Crippen LogP contribution in [0.2, 0.25) is 0 Å². The molecule has 0 aromatic carbocycles. The van der Waals surface area contributed by atoms with E-state index in [1.54, 1.807) is 13.1 Å². The first-order valence-corrected chi connectivity index (χ1v) is 9.93. The first-order valence-electron chi connectivity index (χ1n) is 8.94. The van der Waals surface area contributed by atoms with Gasteiger partial charge in [0, 0.05) is 28.5 Å². The minimum atomic E-state index is -0.751. The van der Waals surface area contributed by atoms with Gasteiger partial charge in [-0.25, -0.2) is 4.79 Å². The lowest BCUT2D eigenvalue weighted by atomic mass is 9.79. The number of β-lactam (4-membered cyclic amide) rings is 1. The number of nitrogens with zero attached hydrogens (tertiary/aromatic N) is 2. The Hall–Kier alpha value is -2.12. The molecule has 1 fully saturated rings. The van der Waals surface area contributed by atoms with Crippen molar-refractivity contribution in [3.63, 3.8) is 0 Å². The third-order valence-electron chi connectivity index (χ3n) is 4.99. The first kappa shape index (κ1) is 19.6. The lowest BCUT2D eigenvalue weighted by molar-refractivity contribution is -0.164. The number of carbonyl (C=O) groups is 2. The minimum Gasteiger partial charge on any atom is -0.457 e. The average molecular weight is 388 g/mol. The molecule has 2 aliphatic rings. The van der Waals surface area contributed by atoms with E-state index in [1.165, 1.54) is 22.7 Å². The second kappa shape index (κ2) is 7.86. The van der Waals surface area contributed by atoms with Crippen molar-refractivity contribution in [1.29, 1.82) is 0 Å². The molecule has 2 aliphatic heterocycles. The van der Waals surface area contributed by atoms with Crippen LogP contribution >= 0.6 is 11.8 Å². The average Bonchev–Trinajstić information content (AvgIpc) is 2.86. The Balaban J connectivity index is 1.88. The van der Waals surface area contributed by atoms with E-state index in [4.69, 9.17) is 4.74 Å². The molecular weight excluding hydrogens is 364 g/mol. The third kappa shape index (κ3) is 3.53. The molecule has 1 N–H and O–H groups in total. The van der Waals surface area contributed by atoms with Crippen molar-refractivity contribution >= 4 is 23.6 Å². The maximum absolute atomic E-state index is 12.6. The van der Waals surface area contributed by atoms with Crippen LogP contribution in [0.4, 0.5) is 0 Å². The fourth-order valence-electron chi connectivity index (χ4n) is 3.76. The molecule has 0 aliphatic carbocycles. The van der Waals surface area contributed by atoms with Gasteiger partial charge in [-0.1, -0.05) is 19.6 Å². The predicted octanol–water partition coefficient (Wildman–Crippen LogP) is 2.42. The van der Waals surface area contributed by atoms with Gasteiger partial charge in [-0.15, -0.1) is 11.8 Å². The molecule has 0 saturated carbocycles. The normalized spacial score (nSPS) is 25.1. The summed E-state index contributed by atoms with van der Waals surface area (Å²) in [6.07, 6.45) is 2.51. The van der Waals surface area contributed by atoms with Gasteiger partial charge in [0.1, 0.15) is 12.3 Å². The lowest BCUT2D eigenvalue weighted by Gasteiger charge is -2.46. The van der Waals surface area contributed by atoms with Gasteiger partial charge in [0.25, 0.3) is 0 Å². The number of hydrogen-bond donors (Lipinski definition) is 1. The highest BCUT2D eigenvalue weighted by molar-refractivity contribution is 8.02. The van der Waals surface area contributed by atoms with E-state index in [-0.39, 0.29) is 24.5 Å². The van der Waals surface area contributed by atoms with Crippen molar-refractivity contribution in [2.45, 2.75) is 38.7 Å². The second-order valence-corrected chi connectivity index (χ2v) is 7.97. The highest BCUT2D eigenvalue weighted by Gasteiger charge is 2.60. The number of carbonyl (C=O) groups excluding carboxylic acids is 2. The summed E-state index contributed by atoms with van der Waals surface area (Å²) >= 11 is 1.54. The van der Waals surface area contributed by atoms with E-state index in [9.17, 15) is 14.7 Å². The molecule has 0 spiro atoms. The molecule has 1 amide bonds. The number of ether oxygens (including phenoxy) is 1. The summed E-state index contributed by atoms with van der Waals surface area (Å²) < 4.78 is 5.23. The molecule has 6 nitrogen and oxygen atoms in total. The van der Waals surface area contributed by atoms with Gasteiger partial charge in [-0.3, -0.25) is 9.78 Å². The Labute approximate surface area is 163 Å². The quantitative estimate of drug-likeness (QED) is 0.439. The molecular formula is C20H24N2O4S. The number of aromatic nitrogens is 1. The Morgan fingerprint density at radius 1 is 1.56 bits per heavy atom. The van der Waals surface area contributed by atoms with Crippen molar-refractivity contribution in [1.82, 2.24) is 9.88 Å². The summed E-state index contributed by atoms with van der Waals surface area (Å²) in [6.45, 7) is 9.19. The fraction of sp³-hybridized carbons (Fsp3) is 0.450. The number of hydrogen-bond acceptors (Lipinski definition) is 6. The van der Waals surface area contributed by atoms with Gasteiger partial charge in [-0.05, 0) is 31.5 Å². The van der Waals surface area contributed by atoms with Crippen LogP contribution in [-0.4, -0.2) is 45.6 Å². The smallest absolute Gasteiger partial charge is 0.356 e. The van der Waals surface area contributed by atoms with Crippen LogP contribution in [0.1, 0.15) is 25.1 Å².